The summed E-state index contributed by atoms with van der Waals surface area (Å²) in [6, 6.07) is 0.849. The number of hydrogen-bond donors (Lipinski definition) is 2. The van der Waals surface area contributed by atoms with E-state index in [1.165, 1.54) is 11.3 Å². The number of rotatable bonds is 6. The third-order valence-corrected chi connectivity index (χ3v) is 4.19. The fourth-order valence-corrected chi connectivity index (χ4v) is 2.77. The van der Waals surface area contributed by atoms with E-state index >= 15 is 0 Å². The molecule has 1 amide bonds. The summed E-state index contributed by atoms with van der Waals surface area (Å²) in [4.78, 5) is 22.7. The van der Waals surface area contributed by atoms with Crippen LogP contribution in [0.3, 0.4) is 0 Å². The van der Waals surface area contributed by atoms with Crippen LogP contribution in [0.25, 0.3) is 0 Å². The van der Waals surface area contributed by atoms with Crippen molar-refractivity contribution >= 4 is 50.9 Å². The van der Waals surface area contributed by atoms with Crippen LogP contribution in [-0.4, -0.2) is 35.0 Å². The first-order valence-electron chi connectivity index (χ1n) is 4.81. The van der Waals surface area contributed by atoms with Gasteiger partial charge in [0.15, 0.2) is 0 Å². The molecule has 94 valence electrons. The summed E-state index contributed by atoms with van der Waals surface area (Å²) in [5.74, 6) is -0.646. The third-order valence-electron chi connectivity index (χ3n) is 2.04. The lowest BCUT2D eigenvalue weighted by atomic mass is 10.2. The van der Waals surface area contributed by atoms with E-state index < -0.39 is 12.0 Å². The summed E-state index contributed by atoms with van der Waals surface area (Å²) in [5.41, 5.74) is 0.484. The largest absolute Gasteiger partial charge is 0.480 e. The number of thioether (sulfide) groups is 1. The molecule has 1 aromatic rings. The zero-order chi connectivity index (χ0) is 12.8. The zero-order valence-corrected chi connectivity index (χ0v) is 12.3. The highest BCUT2D eigenvalue weighted by molar-refractivity contribution is 9.11. The number of amides is 1. The molecule has 0 radical (unpaired) electrons. The van der Waals surface area contributed by atoms with Gasteiger partial charge in [-0.3, -0.25) is 4.79 Å². The second kappa shape index (κ2) is 7.03. The Bertz CT molecular complexity index is 408. The Morgan fingerprint density at radius 3 is 2.82 bits per heavy atom. The van der Waals surface area contributed by atoms with E-state index in [9.17, 15) is 9.59 Å². The molecule has 0 saturated heterocycles. The lowest BCUT2D eigenvalue weighted by Crippen LogP contribution is -2.41. The van der Waals surface area contributed by atoms with Crippen molar-refractivity contribution in [2.45, 2.75) is 12.5 Å². The van der Waals surface area contributed by atoms with Gasteiger partial charge in [0, 0.05) is 5.38 Å². The highest BCUT2D eigenvalue weighted by Gasteiger charge is 2.20. The van der Waals surface area contributed by atoms with Gasteiger partial charge in [-0.2, -0.15) is 11.8 Å². The first-order chi connectivity index (χ1) is 8.04. The molecule has 1 rings (SSSR count). The average molecular weight is 338 g/mol. The summed E-state index contributed by atoms with van der Waals surface area (Å²) in [5, 5.41) is 13.2. The van der Waals surface area contributed by atoms with E-state index in [0.717, 1.165) is 3.79 Å². The summed E-state index contributed by atoms with van der Waals surface area (Å²) in [6.07, 6.45) is 2.32. The SMILES string of the molecule is CSCC[C@@H](NC(=O)c1csc(Br)c1)C(=O)O. The van der Waals surface area contributed by atoms with Crippen molar-refractivity contribution < 1.29 is 14.7 Å². The molecule has 7 heteroatoms. The number of hydrogen-bond acceptors (Lipinski definition) is 4. The van der Waals surface area contributed by atoms with E-state index in [4.69, 9.17) is 5.11 Å². The number of carboxylic acid groups (broad SMARTS) is 1. The van der Waals surface area contributed by atoms with Crippen molar-refractivity contribution in [2.75, 3.05) is 12.0 Å². The normalized spacial score (nSPS) is 12.1. The Balaban J connectivity index is 2.60. The smallest absolute Gasteiger partial charge is 0.326 e. The average Bonchev–Trinajstić information content (AvgIpc) is 2.70. The maximum atomic E-state index is 11.7. The monoisotopic (exact) mass is 337 g/mol. The number of carbonyl (C=O) groups is 2. The Labute approximate surface area is 116 Å². The molecule has 1 atom stereocenters. The lowest BCUT2D eigenvalue weighted by molar-refractivity contribution is -0.139. The molecule has 0 aliphatic rings. The minimum absolute atomic E-state index is 0.347. The molecule has 4 nitrogen and oxygen atoms in total. The number of thiophene rings is 1. The van der Waals surface area contributed by atoms with E-state index in [-0.39, 0.29) is 5.91 Å². The van der Waals surface area contributed by atoms with Crippen molar-refractivity contribution in [3.8, 4) is 0 Å². The van der Waals surface area contributed by atoms with Crippen LogP contribution in [0, 0.1) is 0 Å². The molecule has 2 N–H and O–H groups in total. The van der Waals surface area contributed by atoms with Crippen LogP contribution in [-0.2, 0) is 4.79 Å². The summed E-state index contributed by atoms with van der Waals surface area (Å²) >= 11 is 6.20. The molecule has 0 aromatic carbocycles. The van der Waals surface area contributed by atoms with Crippen LogP contribution in [0.1, 0.15) is 16.8 Å². The molecule has 17 heavy (non-hydrogen) atoms. The molecule has 0 unspecified atom stereocenters. The van der Waals surface area contributed by atoms with Crippen molar-refractivity contribution in [2.24, 2.45) is 0 Å². The van der Waals surface area contributed by atoms with Gasteiger partial charge in [-0.25, -0.2) is 4.79 Å². The van der Waals surface area contributed by atoms with Gasteiger partial charge < -0.3 is 10.4 Å². The van der Waals surface area contributed by atoms with Crippen LogP contribution in [0.15, 0.2) is 15.2 Å². The van der Waals surface area contributed by atoms with E-state index in [1.807, 2.05) is 6.26 Å². The minimum Gasteiger partial charge on any atom is -0.480 e. The molecule has 0 aliphatic heterocycles. The number of carbonyl (C=O) groups excluding carboxylic acids is 1. The van der Waals surface area contributed by atoms with E-state index in [2.05, 4.69) is 21.2 Å². The molecule has 0 bridgehead atoms. The van der Waals surface area contributed by atoms with Crippen LogP contribution >= 0.6 is 39.0 Å². The van der Waals surface area contributed by atoms with Gasteiger partial charge in [-0.1, -0.05) is 0 Å². The topological polar surface area (TPSA) is 66.4 Å². The highest BCUT2D eigenvalue weighted by atomic mass is 79.9. The standard InChI is InChI=1S/C10H12BrNO3S2/c1-16-3-2-7(10(14)15)12-9(13)6-4-8(11)17-5-6/h4-5,7H,2-3H2,1H3,(H,12,13)(H,14,15)/t7-/m1/s1. The van der Waals surface area contributed by atoms with Gasteiger partial charge >= 0.3 is 5.97 Å². The molecular weight excluding hydrogens is 326 g/mol. The van der Waals surface area contributed by atoms with E-state index in [0.29, 0.717) is 17.7 Å². The molecule has 0 saturated carbocycles. The second-order valence-corrected chi connectivity index (χ2v) is 6.56. The lowest BCUT2D eigenvalue weighted by Gasteiger charge is -2.13. The molecule has 1 aromatic heterocycles. The Morgan fingerprint density at radius 2 is 2.35 bits per heavy atom. The van der Waals surface area contributed by atoms with Gasteiger partial charge in [-0.15, -0.1) is 11.3 Å². The van der Waals surface area contributed by atoms with Gasteiger partial charge in [0.1, 0.15) is 6.04 Å². The van der Waals surface area contributed by atoms with Gasteiger partial charge in [-0.05, 0) is 40.4 Å². The predicted molar refractivity (Wildman–Crippen MR) is 73.9 cm³/mol. The maximum Gasteiger partial charge on any atom is 0.326 e. The molecule has 0 fully saturated rings. The Hall–Kier alpha value is -0.530. The fourth-order valence-electron chi connectivity index (χ4n) is 1.16. The molecular formula is C10H12BrNO3S2. The Kier molecular flexibility index (Phi) is 6.01. The van der Waals surface area contributed by atoms with Crippen LogP contribution in [0.5, 0.6) is 0 Å². The summed E-state index contributed by atoms with van der Waals surface area (Å²) in [7, 11) is 0. The van der Waals surface area contributed by atoms with Gasteiger partial charge in [0.25, 0.3) is 5.91 Å². The third kappa shape index (κ3) is 4.69. The van der Waals surface area contributed by atoms with Crippen molar-refractivity contribution in [1.29, 1.82) is 0 Å². The van der Waals surface area contributed by atoms with Crippen LogP contribution < -0.4 is 5.32 Å². The minimum atomic E-state index is -0.998. The van der Waals surface area contributed by atoms with Gasteiger partial charge in [0.05, 0.1) is 9.35 Å². The number of carboxylic acids is 1. The first-order valence-corrected chi connectivity index (χ1v) is 7.88. The second-order valence-electron chi connectivity index (χ2n) is 3.29. The number of nitrogens with one attached hydrogen (secondary N) is 1. The number of halogens is 1. The fraction of sp³-hybridized carbons (Fsp3) is 0.400. The summed E-state index contributed by atoms with van der Waals surface area (Å²) in [6.45, 7) is 0. The Morgan fingerprint density at radius 1 is 1.65 bits per heavy atom. The van der Waals surface area contributed by atoms with Crippen molar-refractivity contribution in [3.63, 3.8) is 0 Å². The molecule has 1 heterocycles. The maximum absolute atomic E-state index is 11.7. The number of aliphatic carboxylic acids is 1. The highest BCUT2D eigenvalue weighted by Crippen LogP contribution is 2.20. The van der Waals surface area contributed by atoms with Crippen LogP contribution in [0.2, 0.25) is 0 Å². The quantitative estimate of drug-likeness (QED) is 0.836. The van der Waals surface area contributed by atoms with Crippen molar-refractivity contribution in [1.82, 2.24) is 5.32 Å². The predicted octanol–water partition coefficient (Wildman–Crippen LogP) is 2.45. The van der Waals surface area contributed by atoms with Crippen LogP contribution in [0.4, 0.5) is 0 Å². The molecule has 0 aliphatic carbocycles. The molecule has 0 spiro atoms. The summed E-state index contributed by atoms with van der Waals surface area (Å²) < 4.78 is 0.846. The van der Waals surface area contributed by atoms with Crippen molar-refractivity contribution in [3.05, 3.63) is 20.8 Å². The van der Waals surface area contributed by atoms with E-state index in [1.54, 1.807) is 23.2 Å². The van der Waals surface area contributed by atoms with Gasteiger partial charge in [0.2, 0.25) is 0 Å². The first kappa shape index (κ1) is 14.5. The zero-order valence-electron chi connectivity index (χ0n) is 9.10.